The Morgan fingerprint density at radius 1 is 1.16 bits per heavy atom. The first-order valence-electron chi connectivity index (χ1n) is 5.50. The molecule has 1 aromatic carbocycles. The number of hydrogen-bond donors (Lipinski definition) is 0. The number of pyridine rings is 1. The van der Waals surface area contributed by atoms with Gasteiger partial charge in [-0.15, -0.1) is 0 Å². The first-order valence-corrected chi connectivity index (χ1v) is 5.50. The summed E-state index contributed by atoms with van der Waals surface area (Å²) >= 11 is 0. The Hall–Kier alpha value is -2.35. The Balaban J connectivity index is 2.71. The molecule has 0 amide bonds. The average molecular weight is 262 g/mol. The van der Waals surface area contributed by atoms with Gasteiger partial charge >= 0.3 is 6.18 Å². The van der Waals surface area contributed by atoms with Crippen LogP contribution in [-0.2, 0) is 12.6 Å². The van der Waals surface area contributed by atoms with Gasteiger partial charge in [-0.25, -0.2) is 0 Å². The third-order valence-electron chi connectivity index (χ3n) is 2.68. The van der Waals surface area contributed by atoms with Crippen molar-refractivity contribution in [3.8, 4) is 17.2 Å². The second kappa shape index (κ2) is 5.11. The lowest BCUT2D eigenvalue weighted by molar-refractivity contribution is -0.137. The van der Waals surface area contributed by atoms with Gasteiger partial charge in [-0.1, -0.05) is 18.2 Å². The smallest absolute Gasteiger partial charge is 0.264 e. The molecule has 96 valence electrons. The quantitative estimate of drug-likeness (QED) is 0.824. The Morgan fingerprint density at radius 2 is 1.95 bits per heavy atom. The van der Waals surface area contributed by atoms with Gasteiger partial charge in [0.25, 0.3) is 0 Å². The fraction of sp³-hybridized carbons (Fsp3) is 0.143. The van der Waals surface area contributed by atoms with E-state index in [1.54, 1.807) is 12.1 Å². The van der Waals surface area contributed by atoms with Crippen molar-refractivity contribution in [3.63, 3.8) is 0 Å². The first-order chi connectivity index (χ1) is 9.04. The summed E-state index contributed by atoms with van der Waals surface area (Å²) in [6, 6.07) is 8.87. The van der Waals surface area contributed by atoms with Crippen molar-refractivity contribution < 1.29 is 13.2 Å². The van der Waals surface area contributed by atoms with Crippen LogP contribution < -0.4 is 0 Å². The second-order valence-corrected chi connectivity index (χ2v) is 3.91. The Kier molecular flexibility index (Phi) is 3.52. The molecule has 0 unspecified atom stereocenters. The lowest BCUT2D eigenvalue weighted by Gasteiger charge is -2.15. The van der Waals surface area contributed by atoms with Crippen LogP contribution in [0.3, 0.4) is 0 Å². The number of nitrogens with zero attached hydrogens (tertiary/aromatic N) is 2. The van der Waals surface area contributed by atoms with E-state index >= 15 is 0 Å². The fourth-order valence-electron chi connectivity index (χ4n) is 1.92. The highest BCUT2D eigenvalue weighted by molar-refractivity contribution is 5.71. The lowest BCUT2D eigenvalue weighted by Crippen LogP contribution is -2.09. The van der Waals surface area contributed by atoms with Crippen molar-refractivity contribution in [2.75, 3.05) is 0 Å². The molecule has 2 nitrogen and oxygen atoms in total. The van der Waals surface area contributed by atoms with Crippen LogP contribution in [0.5, 0.6) is 0 Å². The van der Waals surface area contributed by atoms with Crippen LogP contribution >= 0.6 is 0 Å². The molecule has 0 aliphatic rings. The summed E-state index contributed by atoms with van der Waals surface area (Å²) in [5.74, 6) is 0. The maximum atomic E-state index is 13.1. The molecule has 1 aromatic heterocycles. The molecule has 0 aliphatic heterocycles. The van der Waals surface area contributed by atoms with E-state index in [2.05, 4.69) is 4.98 Å². The van der Waals surface area contributed by atoms with Crippen LogP contribution in [0.1, 0.15) is 11.1 Å². The highest BCUT2D eigenvalue weighted by atomic mass is 19.4. The third-order valence-corrected chi connectivity index (χ3v) is 2.68. The molecule has 2 rings (SSSR count). The second-order valence-electron chi connectivity index (χ2n) is 3.91. The summed E-state index contributed by atoms with van der Waals surface area (Å²) in [5.41, 5.74) is 0.00361. The normalized spacial score (nSPS) is 11.1. The van der Waals surface area contributed by atoms with Crippen LogP contribution in [0.2, 0.25) is 0 Å². The molecule has 0 spiro atoms. The Labute approximate surface area is 108 Å². The number of alkyl halides is 3. The minimum atomic E-state index is -4.46. The van der Waals surface area contributed by atoms with E-state index in [4.69, 9.17) is 5.26 Å². The third kappa shape index (κ3) is 2.74. The summed E-state index contributed by atoms with van der Waals surface area (Å²) in [7, 11) is 0. The van der Waals surface area contributed by atoms with Gasteiger partial charge in [0.1, 0.15) is 0 Å². The minimum absolute atomic E-state index is 0.0321. The number of halogens is 3. The van der Waals surface area contributed by atoms with Crippen LogP contribution in [0.15, 0.2) is 42.7 Å². The molecule has 0 fully saturated rings. The molecule has 2 aromatic rings. The van der Waals surface area contributed by atoms with Crippen molar-refractivity contribution in [2.24, 2.45) is 0 Å². The Bertz CT molecular complexity index is 613. The van der Waals surface area contributed by atoms with E-state index in [1.165, 1.54) is 24.5 Å². The molecule has 19 heavy (non-hydrogen) atoms. The molecule has 0 aliphatic carbocycles. The standard InChI is InChI=1S/C14H9F3N2/c15-14(16,17)12-5-1-3-10(6-7-18)13(12)11-4-2-8-19-9-11/h1-5,8-9H,6H2. The zero-order valence-corrected chi connectivity index (χ0v) is 9.78. The van der Waals surface area contributed by atoms with Crippen LogP contribution in [0.4, 0.5) is 13.2 Å². The van der Waals surface area contributed by atoms with E-state index in [-0.39, 0.29) is 12.0 Å². The van der Waals surface area contributed by atoms with Gasteiger partial charge in [0, 0.05) is 18.0 Å². The molecule has 0 bridgehead atoms. The highest BCUT2D eigenvalue weighted by Crippen LogP contribution is 2.38. The zero-order valence-electron chi connectivity index (χ0n) is 9.78. The molecule has 0 radical (unpaired) electrons. The topological polar surface area (TPSA) is 36.7 Å². The van der Waals surface area contributed by atoms with Crippen LogP contribution in [0.25, 0.3) is 11.1 Å². The minimum Gasteiger partial charge on any atom is -0.264 e. The van der Waals surface area contributed by atoms with Gasteiger partial charge < -0.3 is 0 Å². The molecular weight excluding hydrogens is 253 g/mol. The molecule has 0 saturated heterocycles. The highest BCUT2D eigenvalue weighted by Gasteiger charge is 2.34. The number of benzene rings is 1. The van der Waals surface area contributed by atoms with E-state index in [9.17, 15) is 13.2 Å². The van der Waals surface area contributed by atoms with Gasteiger partial charge in [0.15, 0.2) is 0 Å². The van der Waals surface area contributed by atoms with Crippen LogP contribution in [0, 0.1) is 11.3 Å². The molecule has 0 N–H and O–H groups in total. The predicted molar refractivity (Wildman–Crippen MR) is 64.0 cm³/mol. The first kappa shape index (κ1) is 13.1. The molecular formula is C14H9F3N2. The SMILES string of the molecule is N#CCc1cccc(C(F)(F)F)c1-c1cccnc1. The van der Waals surface area contributed by atoms with Crippen molar-refractivity contribution >= 4 is 0 Å². The van der Waals surface area contributed by atoms with E-state index in [0.717, 1.165) is 6.07 Å². The Morgan fingerprint density at radius 3 is 2.53 bits per heavy atom. The maximum Gasteiger partial charge on any atom is 0.417 e. The average Bonchev–Trinajstić information content (AvgIpc) is 2.39. The van der Waals surface area contributed by atoms with Crippen molar-refractivity contribution in [1.82, 2.24) is 4.98 Å². The summed E-state index contributed by atoms with van der Waals surface area (Å²) in [4.78, 5) is 3.84. The van der Waals surface area contributed by atoms with Gasteiger partial charge in [-0.05, 0) is 23.3 Å². The fourth-order valence-corrected chi connectivity index (χ4v) is 1.92. The van der Waals surface area contributed by atoms with Gasteiger partial charge in [-0.3, -0.25) is 4.98 Å². The van der Waals surface area contributed by atoms with Crippen molar-refractivity contribution in [3.05, 3.63) is 53.9 Å². The lowest BCUT2D eigenvalue weighted by atomic mass is 9.93. The molecule has 1 heterocycles. The predicted octanol–water partition coefficient (Wildman–Crippen LogP) is 3.83. The van der Waals surface area contributed by atoms with E-state index < -0.39 is 11.7 Å². The van der Waals surface area contributed by atoms with Gasteiger partial charge in [0.2, 0.25) is 0 Å². The van der Waals surface area contributed by atoms with Crippen LogP contribution in [-0.4, -0.2) is 4.98 Å². The number of rotatable bonds is 2. The largest absolute Gasteiger partial charge is 0.417 e. The molecule has 0 saturated carbocycles. The summed E-state index contributed by atoms with van der Waals surface area (Å²) in [5, 5.41) is 8.74. The monoisotopic (exact) mass is 262 g/mol. The van der Waals surface area contributed by atoms with E-state index in [1.807, 2.05) is 6.07 Å². The van der Waals surface area contributed by atoms with Gasteiger partial charge in [-0.2, -0.15) is 18.4 Å². The van der Waals surface area contributed by atoms with Gasteiger partial charge in [0.05, 0.1) is 18.1 Å². The number of nitriles is 1. The molecule has 0 atom stereocenters. The zero-order chi connectivity index (χ0) is 13.9. The summed E-state index contributed by atoms with van der Waals surface area (Å²) in [6.45, 7) is 0. The maximum absolute atomic E-state index is 13.1. The van der Waals surface area contributed by atoms with Crippen molar-refractivity contribution in [1.29, 1.82) is 5.26 Å². The molecule has 5 heteroatoms. The summed E-state index contributed by atoms with van der Waals surface area (Å²) < 4.78 is 39.2. The summed E-state index contributed by atoms with van der Waals surface area (Å²) in [6.07, 6.45) is -1.68. The number of aromatic nitrogens is 1. The van der Waals surface area contributed by atoms with E-state index in [0.29, 0.717) is 11.1 Å². The number of hydrogen-bond acceptors (Lipinski definition) is 2. The van der Waals surface area contributed by atoms with Crippen molar-refractivity contribution in [2.45, 2.75) is 12.6 Å².